The quantitative estimate of drug-likeness (QED) is 0.739. The van der Waals surface area contributed by atoms with Gasteiger partial charge in [-0.1, -0.05) is 50.8 Å². The second-order valence-corrected chi connectivity index (χ2v) is 4.29. The first-order chi connectivity index (χ1) is 7.67. The highest BCUT2D eigenvalue weighted by molar-refractivity contribution is 5.30. The van der Waals surface area contributed by atoms with Gasteiger partial charge in [0.05, 0.1) is 0 Å². The third-order valence-corrected chi connectivity index (χ3v) is 2.65. The Bertz CT molecular complexity index is 358. The molecular formula is C15H21N. The second kappa shape index (κ2) is 6.16. The minimum atomic E-state index is 0.598. The molecule has 1 rings (SSSR count). The Kier molecular flexibility index (Phi) is 4.84. The zero-order chi connectivity index (χ0) is 12.0. The molecule has 1 heteroatoms. The van der Waals surface area contributed by atoms with Crippen molar-refractivity contribution in [3.05, 3.63) is 59.8 Å². The van der Waals surface area contributed by atoms with Crippen molar-refractivity contribution in [3.8, 4) is 0 Å². The minimum Gasteiger partial charge on any atom is -0.394 e. The monoisotopic (exact) mass is 215 g/mol. The first-order valence-electron chi connectivity index (χ1n) is 5.75. The van der Waals surface area contributed by atoms with E-state index in [-0.39, 0.29) is 0 Å². The lowest BCUT2D eigenvalue weighted by Crippen LogP contribution is -1.98. The van der Waals surface area contributed by atoms with Gasteiger partial charge in [0.15, 0.2) is 0 Å². The maximum atomic E-state index is 3.81. The highest BCUT2D eigenvalue weighted by atomic mass is 14.8. The molecule has 0 saturated carbocycles. The summed E-state index contributed by atoms with van der Waals surface area (Å²) in [7, 11) is 1.91. The van der Waals surface area contributed by atoms with Gasteiger partial charge in [-0.25, -0.2) is 0 Å². The Morgan fingerprint density at radius 2 is 1.94 bits per heavy atom. The van der Waals surface area contributed by atoms with Crippen molar-refractivity contribution in [2.45, 2.75) is 26.2 Å². The molecule has 0 saturated heterocycles. The van der Waals surface area contributed by atoms with E-state index in [0.29, 0.717) is 5.92 Å². The predicted octanol–water partition coefficient (Wildman–Crippen LogP) is 3.64. The van der Waals surface area contributed by atoms with E-state index in [1.54, 1.807) is 0 Å². The lowest BCUT2D eigenvalue weighted by molar-refractivity contribution is 0.865. The summed E-state index contributed by atoms with van der Waals surface area (Å²) in [5.74, 6) is 0.598. The van der Waals surface area contributed by atoms with Crippen molar-refractivity contribution in [1.29, 1.82) is 0 Å². The zero-order valence-electron chi connectivity index (χ0n) is 10.5. The van der Waals surface area contributed by atoms with E-state index >= 15 is 0 Å². The molecule has 0 atom stereocenters. The van der Waals surface area contributed by atoms with Crippen molar-refractivity contribution in [2.75, 3.05) is 7.05 Å². The average molecular weight is 215 g/mol. The van der Waals surface area contributed by atoms with Gasteiger partial charge >= 0.3 is 0 Å². The Morgan fingerprint density at radius 1 is 1.31 bits per heavy atom. The Balaban J connectivity index is 2.75. The summed E-state index contributed by atoms with van der Waals surface area (Å²) >= 11 is 0. The van der Waals surface area contributed by atoms with Gasteiger partial charge in [-0.05, 0) is 35.2 Å². The average Bonchev–Trinajstić information content (AvgIpc) is 2.29. The fourth-order valence-corrected chi connectivity index (χ4v) is 1.62. The lowest BCUT2D eigenvalue weighted by atomic mass is 9.99. The van der Waals surface area contributed by atoms with Crippen LogP contribution in [0.15, 0.2) is 48.7 Å². The van der Waals surface area contributed by atoms with E-state index in [9.17, 15) is 0 Å². The summed E-state index contributed by atoms with van der Waals surface area (Å²) in [4.78, 5) is 0. The van der Waals surface area contributed by atoms with Crippen LogP contribution < -0.4 is 5.32 Å². The molecule has 0 spiro atoms. The van der Waals surface area contributed by atoms with Gasteiger partial charge in [0.25, 0.3) is 0 Å². The summed E-state index contributed by atoms with van der Waals surface area (Å²) in [5.41, 5.74) is 3.92. The van der Waals surface area contributed by atoms with Crippen LogP contribution in [0.3, 0.4) is 0 Å². The molecule has 1 nitrogen and oxygen atoms in total. The van der Waals surface area contributed by atoms with Crippen LogP contribution in [-0.4, -0.2) is 7.05 Å². The summed E-state index contributed by atoms with van der Waals surface area (Å²) in [6.07, 6.45) is 4.82. The van der Waals surface area contributed by atoms with Crippen LogP contribution >= 0.6 is 0 Å². The molecule has 1 aromatic carbocycles. The van der Waals surface area contributed by atoms with Crippen LogP contribution in [0.2, 0.25) is 0 Å². The fourth-order valence-electron chi connectivity index (χ4n) is 1.62. The van der Waals surface area contributed by atoms with E-state index in [1.165, 1.54) is 16.7 Å². The Morgan fingerprint density at radius 3 is 2.38 bits per heavy atom. The number of nitrogens with one attached hydrogen (secondary N) is 1. The van der Waals surface area contributed by atoms with Gasteiger partial charge in [-0.2, -0.15) is 0 Å². The second-order valence-electron chi connectivity index (χ2n) is 4.29. The first-order valence-corrected chi connectivity index (χ1v) is 5.75. The molecule has 86 valence electrons. The molecule has 0 unspecified atom stereocenters. The van der Waals surface area contributed by atoms with Crippen LogP contribution in [0.5, 0.6) is 0 Å². The molecular weight excluding hydrogens is 194 g/mol. The SMILES string of the molecule is C=C/C(=C\NC)Cc1ccc(C(C)C)cc1. The smallest absolute Gasteiger partial charge is 0.00278 e. The van der Waals surface area contributed by atoms with E-state index in [0.717, 1.165) is 6.42 Å². The molecule has 1 aromatic rings. The fraction of sp³-hybridized carbons (Fsp3) is 0.333. The largest absolute Gasteiger partial charge is 0.394 e. The van der Waals surface area contributed by atoms with Crippen molar-refractivity contribution in [2.24, 2.45) is 0 Å². The molecule has 0 aliphatic heterocycles. The number of rotatable bonds is 5. The van der Waals surface area contributed by atoms with Gasteiger partial charge in [-0.15, -0.1) is 0 Å². The lowest BCUT2D eigenvalue weighted by Gasteiger charge is -2.07. The topological polar surface area (TPSA) is 12.0 Å². The summed E-state index contributed by atoms with van der Waals surface area (Å²) < 4.78 is 0. The molecule has 16 heavy (non-hydrogen) atoms. The van der Waals surface area contributed by atoms with Gasteiger partial charge in [0.1, 0.15) is 0 Å². The summed E-state index contributed by atoms with van der Waals surface area (Å²) in [6.45, 7) is 8.24. The van der Waals surface area contributed by atoms with E-state index in [1.807, 2.05) is 19.3 Å². The number of hydrogen-bond acceptors (Lipinski definition) is 1. The highest BCUT2D eigenvalue weighted by Crippen LogP contribution is 2.16. The predicted molar refractivity (Wildman–Crippen MR) is 71.6 cm³/mol. The molecule has 0 heterocycles. The van der Waals surface area contributed by atoms with Crippen LogP contribution in [0, 0.1) is 0 Å². The third kappa shape index (κ3) is 3.58. The maximum absolute atomic E-state index is 3.81. The molecule has 0 aromatic heterocycles. The molecule has 0 aliphatic carbocycles. The normalized spacial score (nSPS) is 11.6. The van der Waals surface area contributed by atoms with Crippen molar-refractivity contribution < 1.29 is 0 Å². The molecule has 0 radical (unpaired) electrons. The van der Waals surface area contributed by atoms with Gasteiger partial charge < -0.3 is 5.32 Å². The summed E-state index contributed by atoms with van der Waals surface area (Å²) in [6, 6.07) is 8.81. The number of allylic oxidation sites excluding steroid dienone is 2. The van der Waals surface area contributed by atoms with E-state index < -0.39 is 0 Å². The number of benzene rings is 1. The molecule has 0 amide bonds. The van der Waals surface area contributed by atoms with Crippen LogP contribution in [-0.2, 0) is 6.42 Å². The van der Waals surface area contributed by atoms with Crippen LogP contribution in [0.25, 0.3) is 0 Å². The van der Waals surface area contributed by atoms with E-state index in [4.69, 9.17) is 0 Å². The van der Waals surface area contributed by atoms with Crippen LogP contribution in [0.1, 0.15) is 30.9 Å². The minimum absolute atomic E-state index is 0.598. The molecule has 0 bridgehead atoms. The van der Waals surface area contributed by atoms with Crippen molar-refractivity contribution in [1.82, 2.24) is 5.32 Å². The Hall–Kier alpha value is -1.50. The first kappa shape index (κ1) is 12.6. The summed E-state index contributed by atoms with van der Waals surface area (Å²) in [5, 5.41) is 3.04. The van der Waals surface area contributed by atoms with Gasteiger partial charge in [0, 0.05) is 7.05 Å². The maximum Gasteiger partial charge on any atom is 0.00278 e. The van der Waals surface area contributed by atoms with Gasteiger partial charge in [-0.3, -0.25) is 0 Å². The standard InChI is InChI=1S/C15H21N/c1-5-13(11-16-4)10-14-6-8-15(9-7-14)12(2)3/h5-9,11-12,16H,1,10H2,2-4H3/b13-11+. The molecule has 0 aliphatic rings. The highest BCUT2D eigenvalue weighted by Gasteiger charge is 2.00. The molecule has 1 N–H and O–H groups in total. The number of hydrogen-bond donors (Lipinski definition) is 1. The van der Waals surface area contributed by atoms with Gasteiger partial charge in [0.2, 0.25) is 0 Å². The van der Waals surface area contributed by atoms with Crippen LogP contribution in [0.4, 0.5) is 0 Å². The zero-order valence-corrected chi connectivity index (χ0v) is 10.5. The third-order valence-electron chi connectivity index (χ3n) is 2.65. The van der Waals surface area contributed by atoms with Crippen molar-refractivity contribution >= 4 is 0 Å². The molecule has 0 fully saturated rings. The van der Waals surface area contributed by atoms with E-state index in [2.05, 4.69) is 50.0 Å². The van der Waals surface area contributed by atoms with Crippen molar-refractivity contribution in [3.63, 3.8) is 0 Å². The Labute approximate surface area is 98.9 Å².